The summed E-state index contributed by atoms with van der Waals surface area (Å²) in [5.41, 5.74) is -4.25. The molecular weight excluding hydrogens is 500 g/mol. The molecule has 2 aromatic carbocycles. The van der Waals surface area contributed by atoms with Gasteiger partial charge in [-0.1, -0.05) is 6.92 Å². The number of carbonyl (C=O) groups excluding carboxylic acids is 1. The smallest absolute Gasteiger partial charge is 0.346 e. The van der Waals surface area contributed by atoms with Crippen molar-refractivity contribution in [1.82, 2.24) is 5.32 Å². The molecule has 0 atom stereocenters. The Labute approximate surface area is 193 Å². The first-order valence-electron chi connectivity index (χ1n) is 10.2. The molecule has 184 valence electrons. The highest BCUT2D eigenvalue weighted by Gasteiger charge is 2.69. The molecule has 1 amide bonds. The van der Waals surface area contributed by atoms with Gasteiger partial charge in [0, 0.05) is 24.8 Å². The molecule has 0 heterocycles. The van der Waals surface area contributed by atoms with Crippen molar-refractivity contribution >= 4 is 31.5 Å². The first-order valence-corrected chi connectivity index (χ1v) is 13.3. The molecule has 2 aromatic rings. The molecule has 0 spiro atoms. The number of sulfonamides is 1. The van der Waals surface area contributed by atoms with E-state index in [0.29, 0.717) is 12.1 Å². The third-order valence-corrected chi connectivity index (χ3v) is 9.19. The van der Waals surface area contributed by atoms with Gasteiger partial charge in [0.05, 0.1) is 32.4 Å². The topological polar surface area (TPSA) is 109 Å². The summed E-state index contributed by atoms with van der Waals surface area (Å²) in [6.07, 6.45) is -4.51. The van der Waals surface area contributed by atoms with E-state index < -0.39 is 59.3 Å². The molecule has 3 aliphatic rings. The Morgan fingerprint density at radius 2 is 1.53 bits per heavy atom. The number of nitrogens with one attached hydrogen (secondary N) is 2. The molecule has 5 rings (SSSR count). The van der Waals surface area contributed by atoms with Crippen molar-refractivity contribution in [2.45, 2.75) is 53.4 Å². The van der Waals surface area contributed by atoms with Gasteiger partial charge in [0.1, 0.15) is 5.67 Å². The highest BCUT2D eigenvalue weighted by molar-refractivity contribution is 7.92. The average molecular weight is 521 g/mol. The SMILES string of the molecule is CCS(=O)(=O)c1ccc(S(=O)(=O)Nc2cc(C(F)(F)F)ccc2C(=O)NC23CC(F)(C2)C3)cc1. The molecule has 2 bridgehead atoms. The maximum atomic E-state index is 13.8. The van der Waals surface area contributed by atoms with Crippen molar-refractivity contribution in [2.24, 2.45) is 0 Å². The second kappa shape index (κ2) is 7.67. The van der Waals surface area contributed by atoms with Crippen LogP contribution in [0, 0.1) is 0 Å². The molecular formula is C21H20F4N2O5S2. The Balaban J connectivity index is 1.65. The molecule has 0 aliphatic heterocycles. The van der Waals surface area contributed by atoms with E-state index in [1.807, 2.05) is 4.72 Å². The lowest BCUT2D eigenvalue weighted by Gasteiger charge is -2.65. The predicted octanol–water partition coefficient (Wildman–Crippen LogP) is 3.67. The summed E-state index contributed by atoms with van der Waals surface area (Å²) in [5, 5.41) is 2.59. The van der Waals surface area contributed by atoms with Gasteiger partial charge in [-0.15, -0.1) is 0 Å². The molecule has 7 nitrogen and oxygen atoms in total. The van der Waals surface area contributed by atoms with Crippen molar-refractivity contribution in [3.63, 3.8) is 0 Å². The van der Waals surface area contributed by atoms with Gasteiger partial charge in [-0.2, -0.15) is 13.2 Å². The maximum absolute atomic E-state index is 13.8. The third kappa shape index (κ3) is 4.38. The fourth-order valence-electron chi connectivity index (χ4n) is 4.30. The second-order valence-electron chi connectivity index (χ2n) is 8.65. The number of amides is 1. The minimum absolute atomic E-state index is 0.0977. The lowest BCUT2D eigenvalue weighted by Crippen LogP contribution is -2.76. The van der Waals surface area contributed by atoms with Gasteiger partial charge < -0.3 is 5.32 Å². The van der Waals surface area contributed by atoms with E-state index >= 15 is 0 Å². The third-order valence-electron chi connectivity index (χ3n) is 6.05. The number of sulfone groups is 1. The van der Waals surface area contributed by atoms with Crippen LogP contribution in [-0.4, -0.2) is 39.7 Å². The van der Waals surface area contributed by atoms with E-state index in [4.69, 9.17) is 0 Å². The zero-order valence-corrected chi connectivity index (χ0v) is 19.4. The van der Waals surface area contributed by atoms with E-state index in [-0.39, 0.29) is 35.5 Å². The first kappa shape index (κ1) is 24.5. The Bertz CT molecular complexity index is 1350. The number of benzene rings is 2. The summed E-state index contributed by atoms with van der Waals surface area (Å²) >= 11 is 0. The van der Waals surface area contributed by atoms with Crippen molar-refractivity contribution in [1.29, 1.82) is 0 Å². The van der Waals surface area contributed by atoms with Gasteiger partial charge in [0.2, 0.25) is 0 Å². The largest absolute Gasteiger partial charge is 0.416 e. The van der Waals surface area contributed by atoms with Crippen molar-refractivity contribution in [3.8, 4) is 0 Å². The molecule has 3 saturated carbocycles. The van der Waals surface area contributed by atoms with Crippen molar-refractivity contribution in [3.05, 3.63) is 53.6 Å². The summed E-state index contributed by atoms with van der Waals surface area (Å²) in [6.45, 7) is 1.42. The number of rotatable bonds is 7. The molecule has 2 N–H and O–H groups in total. The summed E-state index contributed by atoms with van der Waals surface area (Å²) in [7, 11) is -8.08. The molecule has 34 heavy (non-hydrogen) atoms. The maximum Gasteiger partial charge on any atom is 0.416 e. The van der Waals surface area contributed by atoms with E-state index in [1.165, 1.54) is 6.92 Å². The standard InChI is InChI=1S/C21H20F4N2O5S2/c1-2-33(29,30)14-4-6-15(7-5-14)34(31,32)27-17-9-13(21(23,24)25)3-8-16(17)18(28)26-20-10-19(22,11-20)12-20/h3-9,27H,2,10-12H2,1H3,(H,26,28). The van der Waals surface area contributed by atoms with Gasteiger partial charge in [0.25, 0.3) is 15.9 Å². The van der Waals surface area contributed by atoms with Crippen LogP contribution in [0.3, 0.4) is 0 Å². The zero-order chi connectivity index (χ0) is 25.2. The Morgan fingerprint density at radius 1 is 0.971 bits per heavy atom. The van der Waals surface area contributed by atoms with E-state index in [1.54, 1.807) is 0 Å². The van der Waals surface area contributed by atoms with Crippen LogP contribution in [0.1, 0.15) is 42.1 Å². The van der Waals surface area contributed by atoms with Crippen LogP contribution in [0.4, 0.5) is 23.2 Å². The Hall–Kier alpha value is -2.67. The monoisotopic (exact) mass is 520 g/mol. The molecule has 0 aromatic heterocycles. The number of anilines is 1. The van der Waals surface area contributed by atoms with E-state index in [0.717, 1.165) is 30.3 Å². The van der Waals surface area contributed by atoms with Crippen molar-refractivity contribution in [2.75, 3.05) is 10.5 Å². The van der Waals surface area contributed by atoms with Gasteiger partial charge >= 0.3 is 6.18 Å². The van der Waals surface area contributed by atoms with Crippen LogP contribution in [0.15, 0.2) is 52.3 Å². The molecule has 0 saturated heterocycles. The Kier molecular flexibility index (Phi) is 5.52. The summed E-state index contributed by atoms with van der Waals surface area (Å²) in [6, 6.07) is 6.15. The van der Waals surface area contributed by atoms with Crippen LogP contribution in [0.25, 0.3) is 0 Å². The number of alkyl halides is 4. The van der Waals surface area contributed by atoms with E-state index in [2.05, 4.69) is 5.32 Å². The minimum atomic E-state index is -4.81. The first-order chi connectivity index (χ1) is 15.6. The van der Waals surface area contributed by atoms with Crippen LogP contribution in [-0.2, 0) is 26.0 Å². The van der Waals surface area contributed by atoms with Crippen molar-refractivity contribution < 1.29 is 39.2 Å². The van der Waals surface area contributed by atoms with Gasteiger partial charge in [-0.05, 0) is 42.5 Å². The highest BCUT2D eigenvalue weighted by atomic mass is 32.2. The number of carbonyl (C=O) groups is 1. The fraction of sp³-hybridized carbons (Fsp3) is 0.381. The predicted molar refractivity (Wildman–Crippen MR) is 114 cm³/mol. The average Bonchev–Trinajstić information content (AvgIpc) is 2.71. The van der Waals surface area contributed by atoms with Crippen LogP contribution in [0.2, 0.25) is 0 Å². The summed E-state index contributed by atoms with van der Waals surface area (Å²) in [4.78, 5) is 12.2. The summed E-state index contributed by atoms with van der Waals surface area (Å²) < 4.78 is 105. The van der Waals surface area contributed by atoms with Crippen LogP contribution >= 0.6 is 0 Å². The molecule has 0 unspecified atom stereocenters. The lowest BCUT2D eigenvalue weighted by molar-refractivity contribution is -0.162. The number of hydrogen-bond acceptors (Lipinski definition) is 5. The van der Waals surface area contributed by atoms with Crippen LogP contribution < -0.4 is 10.0 Å². The fourth-order valence-corrected chi connectivity index (χ4v) is 6.26. The Morgan fingerprint density at radius 3 is 2.03 bits per heavy atom. The lowest BCUT2D eigenvalue weighted by atomic mass is 9.47. The molecule has 13 heteroatoms. The number of hydrogen-bond donors (Lipinski definition) is 2. The normalized spacial score (nSPS) is 24.0. The zero-order valence-electron chi connectivity index (χ0n) is 17.7. The van der Waals surface area contributed by atoms with E-state index in [9.17, 15) is 39.2 Å². The molecule has 3 fully saturated rings. The highest BCUT2D eigenvalue weighted by Crippen LogP contribution is 2.63. The molecule has 3 aliphatic carbocycles. The summed E-state index contributed by atoms with van der Waals surface area (Å²) in [5.74, 6) is -1.04. The van der Waals surface area contributed by atoms with Crippen LogP contribution in [0.5, 0.6) is 0 Å². The number of halogens is 4. The van der Waals surface area contributed by atoms with Gasteiger partial charge in [-0.25, -0.2) is 21.2 Å². The molecule has 0 radical (unpaired) electrons. The minimum Gasteiger partial charge on any atom is -0.346 e. The van der Waals surface area contributed by atoms with Gasteiger partial charge in [-0.3, -0.25) is 9.52 Å². The quantitative estimate of drug-likeness (QED) is 0.542. The second-order valence-corrected chi connectivity index (χ2v) is 12.6. The van der Waals surface area contributed by atoms with Gasteiger partial charge in [0.15, 0.2) is 9.84 Å².